The maximum atomic E-state index is 13.5. The molecule has 0 spiro atoms. The van der Waals surface area contributed by atoms with Crippen LogP contribution in [0.4, 0.5) is 5.69 Å². The van der Waals surface area contributed by atoms with E-state index in [0.717, 1.165) is 25.7 Å². The summed E-state index contributed by atoms with van der Waals surface area (Å²) in [6.45, 7) is 7.01. The number of likely N-dealkylation sites (N-methyl/N-ethyl adjacent to an activating group) is 1. The number of hydrogen-bond donors (Lipinski definition) is 1. The number of benzene rings is 1. The van der Waals surface area contributed by atoms with E-state index in [9.17, 15) is 14.4 Å². The zero-order valence-electron chi connectivity index (χ0n) is 21.8. The van der Waals surface area contributed by atoms with Crippen LogP contribution >= 0.6 is 0 Å². The number of anilines is 1. The number of carbonyl (C=O) groups is 3. The van der Waals surface area contributed by atoms with Gasteiger partial charge in [0.2, 0.25) is 11.8 Å². The monoisotopic (exact) mass is 487 g/mol. The summed E-state index contributed by atoms with van der Waals surface area (Å²) in [6.07, 6.45) is 5.32. The highest BCUT2D eigenvalue weighted by atomic mass is 16.5. The average molecular weight is 488 g/mol. The van der Waals surface area contributed by atoms with E-state index >= 15 is 0 Å². The van der Waals surface area contributed by atoms with Crippen molar-refractivity contribution in [3.05, 3.63) is 23.8 Å². The minimum atomic E-state index is -0.235. The van der Waals surface area contributed by atoms with Gasteiger partial charge in [-0.3, -0.25) is 14.4 Å². The van der Waals surface area contributed by atoms with Crippen molar-refractivity contribution in [1.29, 1.82) is 0 Å². The van der Waals surface area contributed by atoms with Crippen molar-refractivity contribution in [2.75, 3.05) is 39.2 Å². The van der Waals surface area contributed by atoms with Crippen LogP contribution in [-0.4, -0.2) is 73.5 Å². The molecule has 3 rings (SSSR count). The van der Waals surface area contributed by atoms with Crippen LogP contribution in [0.25, 0.3) is 0 Å². The molecule has 3 atom stereocenters. The van der Waals surface area contributed by atoms with Crippen molar-refractivity contribution in [3.8, 4) is 5.75 Å². The molecule has 8 heteroatoms. The number of amides is 3. The van der Waals surface area contributed by atoms with E-state index < -0.39 is 0 Å². The predicted octanol–water partition coefficient (Wildman–Crippen LogP) is 3.95. The van der Waals surface area contributed by atoms with Crippen LogP contribution in [0.5, 0.6) is 5.75 Å². The summed E-state index contributed by atoms with van der Waals surface area (Å²) in [6, 6.07) is 5.04. The number of nitrogens with one attached hydrogen (secondary N) is 1. The molecule has 1 saturated carbocycles. The third kappa shape index (κ3) is 6.75. The van der Waals surface area contributed by atoms with Crippen molar-refractivity contribution in [2.24, 2.45) is 11.8 Å². The molecule has 8 nitrogen and oxygen atoms in total. The number of hydrogen-bond acceptors (Lipinski definition) is 5. The lowest BCUT2D eigenvalue weighted by Gasteiger charge is -2.36. The van der Waals surface area contributed by atoms with E-state index in [0.29, 0.717) is 36.5 Å². The molecule has 194 valence electrons. The summed E-state index contributed by atoms with van der Waals surface area (Å²) >= 11 is 0. The maximum Gasteiger partial charge on any atom is 0.257 e. The van der Waals surface area contributed by atoms with Gasteiger partial charge < -0.3 is 24.6 Å². The molecule has 1 aromatic rings. The van der Waals surface area contributed by atoms with Gasteiger partial charge in [-0.25, -0.2) is 0 Å². The minimum absolute atomic E-state index is 0.00939. The quantitative estimate of drug-likeness (QED) is 0.695. The Balaban J connectivity index is 1.90. The van der Waals surface area contributed by atoms with Gasteiger partial charge in [0, 0.05) is 51.2 Å². The Kier molecular flexibility index (Phi) is 9.55. The van der Waals surface area contributed by atoms with Crippen LogP contribution in [0.1, 0.15) is 69.7 Å². The summed E-state index contributed by atoms with van der Waals surface area (Å²) in [7, 11) is 3.37. The molecule has 0 radical (unpaired) electrons. The topological polar surface area (TPSA) is 88.2 Å². The minimum Gasteiger partial charge on any atom is -0.491 e. The highest BCUT2D eigenvalue weighted by Crippen LogP contribution is 2.29. The maximum absolute atomic E-state index is 13.5. The Bertz CT molecular complexity index is 899. The van der Waals surface area contributed by atoms with Crippen molar-refractivity contribution in [3.63, 3.8) is 0 Å². The first kappa shape index (κ1) is 27.0. The van der Waals surface area contributed by atoms with Gasteiger partial charge in [0.1, 0.15) is 12.4 Å². The Morgan fingerprint density at radius 3 is 2.51 bits per heavy atom. The molecular formula is C27H41N3O5. The highest BCUT2D eigenvalue weighted by Gasteiger charge is 2.30. The van der Waals surface area contributed by atoms with E-state index in [2.05, 4.69) is 5.32 Å². The van der Waals surface area contributed by atoms with Gasteiger partial charge in [-0.15, -0.1) is 0 Å². The fraction of sp³-hybridized carbons (Fsp3) is 0.667. The van der Waals surface area contributed by atoms with Gasteiger partial charge in [0.25, 0.3) is 5.91 Å². The third-order valence-electron chi connectivity index (χ3n) is 7.31. The molecule has 1 aliphatic carbocycles. The molecule has 1 heterocycles. The molecule has 3 amide bonds. The largest absolute Gasteiger partial charge is 0.491 e. The van der Waals surface area contributed by atoms with Gasteiger partial charge >= 0.3 is 0 Å². The molecule has 0 saturated heterocycles. The first-order valence-corrected chi connectivity index (χ1v) is 12.9. The molecular weight excluding hydrogens is 446 g/mol. The number of fused-ring (bicyclic) bond motifs is 1. The number of ether oxygens (including phenoxy) is 2. The van der Waals surface area contributed by atoms with Crippen LogP contribution in [-0.2, 0) is 14.3 Å². The summed E-state index contributed by atoms with van der Waals surface area (Å²) < 4.78 is 11.8. The van der Waals surface area contributed by atoms with Gasteiger partial charge in [-0.1, -0.05) is 33.1 Å². The lowest BCUT2D eigenvalue weighted by molar-refractivity contribution is -0.135. The first-order chi connectivity index (χ1) is 16.7. The average Bonchev–Trinajstić information content (AvgIpc) is 2.88. The number of nitrogens with zero attached hydrogens (tertiary/aromatic N) is 2. The Hall–Kier alpha value is -2.61. The van der Waals surface area contributed by atoms with Crippen LogP contribution in [0.15, 0.2) is 18.2 Å². The number of rotatable bonds is 4. The summed E-state index contributed by atoms with van der Waals surface area (Å²) in [5, 5.41) is 3.01. The molecule has 1 aliphatic heterocycles. The molecule has 0 bridgehead atoms. The summed E-state index contributed by atoms with van der Waals surface area (Å²) in [4.78, 5) is 42.4. The second kappa shape index (κ2) is 12.4. The lowest BCUT2D eigenvalue weighted by atomic mass is 9.88. The molecule has 1 N–H and O–H groups in total. The van der Waals surface area contributed by atoms with Crippen LogP contribution in [0, 0.1) is 11.8 Å². The molecule has 35 heavy (non-hydrogen) atoms. The fourth-order valence-corrected chi connectivity index (χ4v) is 5.01. The lowest BCUT2D eigenvalue weighted by Crippen LogP contribution is -2.48. The van der Waals surface area contributed by atoms with Gasteiger partial charge in [-0.2, -0.15) is 0 Å². The van der Waals surface area contributed by atoms with Gasteiger partial charge in [0.05, 0.1) is 17.7 Å². The van der Waals surface area contributed by atoms with E-state index in [1.165, 1.54) is 6.42 Å². The van der Waals surface area contributed by atoms with Crippen molar-refractivity contribution in [1.82, 2.24) is 9.80 Å². The van der Waals surface area contributed by atoms with Crippen LogP contribution in [0.2, 0.25) is 0 Å². The summed E-state index contributed by atoms with van der Waals surface area (Å²) in [5.74, 6) is 0.355. The van der Waals surface area contributed by atoms with Crippen molar-refractivity contribution >= 4 is 23.4 Å². The standard InChI is InChI=1S/C27H41N3O5/c1-6-25(31)30-15-18(2)24(34-5)16-29(4)27(33)22-14-21(12-13-23(22)35-17-19(30)3)28-26(32)20-10-8-7-9-11-20/h12-14,18-20,24H,6-11,15-17H2,1-5H3,(H,28,32)/t18-,19+,24+/m1/s1. The molecule has 1 fully saturated rings. The normalized spacial score (nSPS) is 24.6. The van der Waals surface area contributed by atoms with Crippen molar-refractivity contribution in [2.45, 2.75) is 71.4 Å². The Labute approximate surface area is 209 Å². The number of methoxy groups -OCH3 is 1. The van der Waals surface area contributed by atoms with E-state index in [-0.39, 0.29) is 48.3 Å². The van der Waals surface area contributed by atoms with E-state index in [1.54, 1.807) is 37.3 Å². The van der Waals surface area contributed by atoms with Crippen LogP contribution < -0.4 is 10.1 Å². The first-order valence-electron chi connectivity index (χ1n) is 12.9. The van der Waals surface area contributed by atoms with Gasteiger partial charge in [0.15, 0.2) is 0 Å². The second-order valence-electron chi connectivity index (χ2n) is 10.0. The zero-order valence-corrected chi connectivity index (χ0v) is 21.8. The molecule has 1 aromatic carbocycles. The van der Waals surface area contributed by atoms with E-state index in [4.69, 9.17) is 9.47 Å². The van der Waals surface area contributed by atoms with Crippen LogP contribution in [0.3, 0.4) is 0 Å². The molecule has 2 aliphatic rings. The SMILES string of the molecule is CCC(=O)N1C[C@@H](C)[C@@H](OC)CN(C)C(=O)c2cc(NC(=O)C3CCCCC3)ccc2OC[C@@H]1C. The smallest absolute Gasteiger partial charge is 0.257 e. The highest BCUT2D eigenvalue weighted by molar-refractivity contribution is 5.99. The third-order valence-corrected chi connectivity index (χ3v) is 7.31. The second-order valence-corrected chi connectivity index (χ2v) is 10.0. The zero-order chi connectivity index (χ0) is 25.5. The Morgan fingerprint density at radius 1 is 1.14 bits per heavy atom. The summed E-state index contributed by atoms with van der Waals surface area (Å²) in [5.41, 5.74) is 0.974. The molecule has 0 unspecified atom stereocenters. The molecule has 0 aromatic heterocycles. The predicted molar refractivity (Wildman–Crippen MR) is 136 cm³/mol. The van der Waals surface area contributed by atoms with E-state index in [1.807, 2.05) is 25.7 Å². The van der Waals surface area contributed by atoms with Crippen molar-refractivity contribution < 1.29 is 23.9 Å². The van der Waals surface area contributed by atoms with Gasteiger partial charge in [-0.05, 0) is 38.0 Å². The number of carbonyl (C=O) groups excluding carboxylic acids is 3. The Morgan fingerprint density at radius 2 is 1.86 bits per heavy atom. The fourth-order valence-electron chi connectivity index (χ4n) is 5.01.